The van der Waals surface area contributed by atoms with Crippen molar-refractivity contribution < 1.29 is 28.7 Å². The Labute approximate surface area is 299 Å². The normalized spacial score (nSPS) is 23.5. The van der Waals surface area contributed by atoms with E-state index in [1.807, 2.05) is 71.6 Å². The van der Waals surface area contributed by atoms with Gasteiger partial charge in [0.05, 0.1) is 24.9 Å². The number of allylic oxidation sites excluding steroid dienone is 1. The number of aromatic nitrogens is 1. The summed E-state index contributed by atoms with van der Waals surface area (Å²) >= 11 is 0. The third kappa shape index (κ3) is 8.87. The summed E-state index contributed by atoms with van der Waals surface area (Å²) in [6.45, 7) is 1.57. The van der Waals surface area contributed by atoms with Crippen LogP contribution in [0.25, 0.3) is 22.2 Å². The molecule has 0 aliphatic carbocycles. The van der Waals surface area contributed by atoms with Gasteiger partial charge in [-0.2, -0.15) is 0 Å². The summed E-state index contributed by atoms with van der Waals surface area (Å²) in [5.74, 6) is -0.689. The van der Waals surface area contributed by atoms with Crippen molar-refractivity contribution in [2.45, 2.75) is 88.8 Å². The van der Waals surface area contributed by atoms with E-state index in [4.69, 9.17) is 20.2 Å². The zero-order chi connectivity index (χ0) is 35.7. The molecule has 4 amide bonds. The molecule has 51 heavy (non-hydrogen) atoms. The Balaban J connectivity index is 1.32. The lowest BCUT2D eigenvalue weighted by Crippen LogP contribution is -2.53. The second-order valence-electron chi connectivity index (χ2n) is 13.9. The van der Waals surface area contributed by atoms with Crippen LogP contribution in [-0.4, -0.2) is 83.3 Å². The van der Waals surface area contributed by atoms with Crippen LogP contribution >= 0.6 is 0 Å². The Bertz CT molecular complexity index is 1740. The lowest BCUT2D eigenvalue weighted by molar-refractivity contribution is -0.145. The predicted octanol–water partition coefficient (Wildman–Crippen LogP) is 5.16. The smallest absolute Gasteiger partial charge is 0.243 e. The Morgan fingerprint density at radius 1 is 0.961 bits per heavy atom. The Kier molecular flexibility index (Phi) is 11.9. The fraction of sp³-hybridized carbons (Fsp3) is 0.475. The van der Waals surface area contributed by atoms with Crippen LogP contribution in [0.5, 0.6) is 11.5 Å². The SMILES string of the molecule is COc1ccc2c(O[C@@H]3C[C@H]4C(=O)N[C@H](C(N)=O)CC=CCCCCC[C@H](CC(=O)N5CCCCC5)C(=O)N4C3)cc(-c3ccccc3)nc2c1. The molecule has 2 fully saturated rings. The molecule has 0 spiro atoms. The van der Waals surface area contributed by atoms with Crippen LogP contribution in [-0.2, 0) is 19.2 Å². The number of likely N-dealkylation sites (tertiary alicyclic amines) is 1. The number of carbonyl (C=O) groups excluding carboxylic acids is 4. The average molecular weight is 696 g/mol. The van der Waals surface area contributed by atoms with Gasteiger partial charge >= 0.3 is 0 Å². The highest BCUT2D eigenvalue weighted by atomic mass is 16.5. The number of rotatable bonds is 7. The lowest BCUT2D eigenvalue weighted by atomic mass is 9.94. The maximum atomic E-state index is 14.6. The number of nitrogens with one attached hydrogen (secondary N) is 1. The summed E-state index contributed by atoms with van der Waals surface area (Å²) in [4.78, 5) is 62.8. The van der Waals surface area contributed by atoms with Gasteiger partial charge in [0.15, 0.2) is 0 Å². The molecular weight excluding hydrogens is 646 g/mol. The van der Waals surface area contributed by atoms with Crippen molar-refractivity contribution in [1.29, 1.82) is 0 Å². The molecule has 3 N–H and O–H groups in total. The lowest BCUT2D eigenvalue weighted by Gasteiger charge is -2.31. The molecule has 0 unspecified atom stereocenters. The van der Waals surface area contributed by atoms with Crippen LogP contribution < -0.4 is 20.5 Å². The molecule has 11 nitrogen and oxygen atoms in total. The number of nitrogens with two attached hydrogens (primary N) is 1. The summed E-state index contributed by atoms with van der Waals surface area (Å²) < 4.78 is 12.2. The molecule has 3 aliphatic rings. The molecular formula is C40H49N5O6. The number of hydrogen-bond donors (Lipinski definition) is 2. The number of hydrogen-bond acceptors (Lipinski definition) is 7. The molecule has 2 saturated heterocycles. The number of pyridine rings is 1. The highest BCUT2D eigenvalue weighted by Gasteiger charge is 2.44. The fourth-order valence-electron chi connectivity index (χ4n) is 7.44. The number of fused-ring (bicyclic) bond motifs is 2. The monoisotopic (exact) mass is 695 g/mol. The Morgan fingerprint density at radius 3 is 2.51 bits per heavy atom. The van der Waals surface area contributed by atoms with Gasteiger partial charge in [-0.3, -0.25) is 19.2 Å². The molecule has 0 radical (unpaired) electrons. The minimum atomic E-state index is -0.917. The van der Waals surface area contributed by atoms with E-state index in [1.54, 1.807) is 12.0 Å². The number of ether oxygens (including phenoxy) is 2. The van der Waals surface area contributed by atoms with Gasteiger partial charge in [0, 0.05) is 54.9 Å². The Morgan fingerprint density at radius 2 is 1.75 bits per heavy atom. The number of piperidine rings is 1. The van der Waals surface area contributed by atoms with E-state index in [2.05, 4.69) is 5.32 Å². The predicted molar refractivity (Wildman–Crippen MR) is 195 cm³/mol. The highest BCUT2D eigenvalue weighted by Crippen LogP contribution is 2.35. The topological polar surface area (TPSA) is 144 Å². The van der Waals surface area contributed by atoms with E-state index in [-0.39, 0.29) is 37.6 Å². The van der Waals surface area contributed by atoms with Crippen molar-refractivity contribution in [3.8, 4) is 22.8 Å². The highest BCUT2D eigenvalue weighted by molar-refractivity contribution is 5.94. The van der Waals surface area contributed by atoms with Gasteiger partial charge in [0.2, 0.25) is 23.6 Å². The van der Waals surface area contributed by atoms with Gasteiger partial charge in [-0.15, -0.1) is 0 Å². The number of carbonyl (C=O) groups is 4. The first-order valence-corrected chi connectivity index (χ1v) is 18.3. The third-order valence-corrected chi connectivity index (χ3v) is 10.3. The van der Waals surface area contributed by atoms with E-state index in [9.17, 15) is 19.2 Å². The van der Waals surface area contributed by atoms with Gasteiger partial charge < -0.3 is 30.3 Å². The van der Waals surface area contributed by atoms with Gasteiger partial charge in [-0.25, -0.2) is 4.98 Å². The summed E-state index contributed by atoms with van der Waals surface area (Å²) in [6.07, 6.45) is 10.9. The van der Waals surface area contributed by atoms with Gasteiger partial charge in [-0.1, -0.05) is 55.3 Å². The van der Waals surface area contributed by atoms with Crippen molar-refractivity contribution >= 4 is 34.5 Å². The molecule has 6 rings (SSSR count). The molecule has 4 atom stereocenters. The van der Waals surface area contributed by atoms with Crippen LogP contribution in [0, 0.1) is 5.92 Å². The van der Waals surface area contributed by atoms with Gasteiger partial charge in [-0.05, 0) is 57.1 Å². The van der Waals surface area contributed by atoms with Gasteiger partial charge in [0.1, 0.15) is 29.7 Å². The van der Waals surface area contributed by atoms with Crippen molar-refractivity contribution in [1.82, 2.24) is 20.1 Å². The van der Waals surface area contributed by atoms with E-state index in [0.29, 0.717) is 42.2 Å². The second-order valence-corrected chi connectivity index (χ2v) is 13.9. The molecule has 0 bridgehead atoms. The van der Waals surface area contributed by atoms with Crippen molar-refractivity contribution in [3.05, 3.63) is 66.7 Å². The summed E-state index contributed by atoms with van der Waals surface area (Å²) in [5, 5.41) is 3.59. The summed E-state index contributed by atoms with van der Waals surface area (Å²) in [5.41, 5.74) is 8.02. The first-order valence-electron chi connectivity index (χ1n) is 18.3. The zero-order valence-corrected chi connectivity index (χ0v) is 29.4. The third-order valence-electron chi connectivity index (χ3n) is 10.3. The molecule has 270 valence electrons. The molecule has 0 saturated carbocycles. The number of amides is 4. The average Bonchev–Trinajstić information content (AvgIpc) is 3.58. The largest absolute Gasteiger partial charge is 0.497 e. The number of primary amides is 1. The minimum absolute atomic E-state index is 0.0113. The number of methoxy groups -OCH3 is 1. The number of nitrogens with zero attached hydrogens (tertiary/aromatic N) is 3. The molecule has 3 aromatic rings. The van der Waals surface area contributed by atoms with Gasteiger partial charge in [0.25, 0.3) is 0 Å². The quantitative estimate of drug-likeness (QED) is 0.325. The molecule has 2 aromatic carbocycles. The van der Waals surface area contributed by atoms with Crippen molar-refractivity contribution in [2.24, 2.45) is 11.7 Å². The first-order chi connectivity index (χ1) is 24.8. The summed E-state index contributed by atoms with van der Waals surface area (Å²) in [7, 11) is 1.60. The van der Waals surface area contributed by atoms with Crippen LogP contribution in [0.3, 0.4) is 0 Å². The van der Waals surface area contributed by atoms with Crippen LogP contribution in [0.2, 0.25) is 0 Å². The van der Waals surface area contributed by atoms with E-state index >= 15 is 0 Å². The first kappa shape index (κ1) is 35.9. The second kappa shape index (κ2) is 16.9. The molecule has 3 aliphatic heterocycles. The number of benzene rings is 2. The maximum absolute atomic E-state index is 14.6. The van der Waals surface area contributed by atoms with Crippen molar-refractivity contribution in [3.63, 3.8) is 0 Å². The van der Waals surface area contributed by atoms with E-state index in [1.165, 1.54) is 0 Å². The summed E-state index contributed by atoms with van der Waals surface area (Å²) in [6, 6.07) is 15.4. The fourth-order valence-corrected chi connectivity index (χ4v) is 7.44. The zero-order valence-electron chi connectivity index (χ0n) is 29.4. The van der Waals surface area contributed by atoms with Crippen LogP contribution in [0.15, 0.2) is 66.7 Å². The van der Waals surface area contributed by atoms with E-state index < -0.39 is 35.9 Å². The standard InChI is InChI=1S/C40H49N5O6/c1-50-29-18-19-31-34(23-29)42-33(27-14-9-6-10-15-27)25-36(31)51-30-24-35-39(48)43-32(38(41)47)17-11-5-3-2-4-8-16-28(40(49)45(35)26-30)22-37(46)44-20-12-7-13-21-44/h5-6,9-11,14-15,18-19,23,25,28,30,32,35H,2-4,7-8,12-13,16-17,20-22,24,26H2,1H3,(H2,41,47)(H,43,48)/t28-,30-,32+,35+/m1/s1. The molecule has 1 aromatic heterocycles. The van der Waals surface area contributed by atoms with Crippen LogP contribution in [0.1, 0.15) is 70.6 Å². The van der Waals surface area contributed by atoms with E-state index in [0.717, 1.165) is 55.9 Å². The van der Waals surface area contributed by atoms with Crippen LogP contribution in [0.4, 0.5) is 0 Å². The Hall–Kier alpha value is -4.93. The van der Waals surface area contributed by atoms with Crippen molar-refractivity contribution in [2.75, 3.05) is 26.7 Å². The molecule has 4 heterocycles. The minimum Gasteiger partial charge on any atom is -0.497 e. The molecule has 11 heteroatoms. The maximum Gasteiger partial charge on any atom is 0.243 e.